The van der Waals surface area contributed by atoms with Crippen LogP contribution >= 0.6 is 0 Å². The SMILES string of the molecule is CCC(CC)N(CCO)C(=O)CCCC(C)N. The van der Waals surface area contributed by atoms with Crippen molar-refractivity contribution < 1.29 is 9.90 Å². The van der Waals surface area contributed by atoms with Crippen molar-refractivity contribution in [3.8, 4) is 0 Å². The average molecular weight is 244 g/mol. The molecule has 0 radical (unpaired) electrons. The molecule has 0 aliphatic heterocycles. The quantitative estimate of drug-likeness (QED) is 0.646. The van der Waals surface area contributed by atoms with Crippen molar-refractivity contribution >= 4 is 5.91 Å². The standard InChI is InChI=1S/C13H28N2O2/c1-4-12(5-2)15(9-10-16)13(17)8-6-7-11(3)14/h11-12,16H,4-10,14H2,1-3H3. The smallest absolute Gasteiger partial charge is 0.222 e. The summed E-state index contributed by atoms with van der Waals surface area (Å²) >= 11 is 0. The van der Waals surface area contributed by atoms with Crippen LogP contribution in [-0.4, -0.2) is 41.1 Å². The summed E-state index contributed by atoms with van der Waals surface area (Å²) in [5, 5.41) is 9.03. The van der Waals surface area contributed by atoms with Gasteiger partial charge in [-0.2, -0.15) is 0 Å². The molecule has 0 aliphatic carbocycles. The highest BCUT2D eigenvalue weighted by Gasteiger charge is 2.19. The number of aliphatic hydroxyl groups excluding tert-OH is 1. The van der Waals surface area contributed by atoms with Crippen molar-refractivity contribution in [2.75, 3.05) is 13.2 Å². The van der Waals surface area contributed by atoms with E-state index in [2.05, 4.69) is 13.8 Å². The Morgan fingerprint density at radius 3 is 2.35 bits per heavy atom. The maximum Gasteiger partial charge on any atom is 0.222 e. The Labute approximate surface area is 105 Å². The Kier molecular flexibility index (Phi) is 9.09. The highest BCUT2D eigenvalue weighted by atomic mass is 16.3. The fourth-order valence-electron chi connectivity index (χ4n) is 2.07. The fourth-order valence-corrected chi connectivity index (χ4v) is 2.07. The Bertz CT molecular complexity index is 204. The lowest BCUT2D eigenvalue weighted by Gasteiger charge is -2.30. The number of rotatable bonds is 9. The lowest BCUT2D eigenvalue weighted by molar-refractivity contribution is -0.134. The second-order valence-electron chi connectivity index (χ2n) is 4.65. The first-order valence-electron chi connectivity index (χ1n) is 6.72. The van der Waals surface area contributed by atoms with Crippen LogP contribution in [0.3, 0.4) is 0 Å². The highest BCUT2D eigenvalue weighted by Crippen LogP contribution is 2.12. The summed E-state index contributed by atoms with van der Waals surface area (Å²) in [5.74, 6) is 0.147. The van der Waals surface area contributed by atoms with E-state index in [1.54, 1.807) is 0 Å². The van der Waals surface area contributed by atoms with Crippen LogP contribution in [0.15, 0.2) is 0 Å². The topological polar surface area (TPSA) is 66.6 Å². The van der Waals surface area contributed by atoms with Crippen LogP contribution in [0, 0.1) is 0 Å². The van der Waals surface area contributed by atoms with Crippen LogP contribution in [0.1, 0.15) is 52.9 Å². The maximum absolute atomic E-state index is 12.0. The number of hydrogen-bond donors (Lipinski definition) is 2. The minimum atomic E-state index is 0.0372. The van der Waals surface area contributed by atoms with Crippen molar-refractivity contribution in [2.24, 2.45) is 5.73 Å². The Morgan fingerprint density at radius 2 is 1.94 bits per heavy atom. The van der Waals surface area contributed by atoms with E-state index in [0.717, 1.165) is 25.7 Å². The molecule has 102 valence electrons. The van der Waals surface area contributed by atoms with Gasteiger partial charge in [0, 0.05) is 25.0 Å². The summed E-state index contributed by atoms with van der Waals surface area (Å²) in [5.41, 5.74) is 5.66. The predicted molar refractivity (Wildman–Crippen MR) is 70.7 cm³/mol. The molecule has 0 saturated heterocycles. The van der Waals surface area contributed by atoms with Crippen LogP contribution < -0.4 is 5.73 Å². The molecule has 4 heteroatoms. The van der Waals surface area contributed by atoms with Gasteiger partial charge in [0.15, 0.2) is 0 Å². The summed E-state index contributed by atoms with van der Waals surface area (Å²) in [6, 6.07) is 0.409. The maximum atomic E-state index is 12.0. The van der Waals surface area contributed by atoms with Crippen LogP contribution in [0.5, 0.6) is 0 Å². The van der Waals surface area contributed by atoms with E-state index in [9.17, 15) is 4.79 Å². The third-order valence-electron chi connectivity index (χ3n) is 3.09. The van der Waals surface area contributed by atoms with E-state index < -0.39 is 0 Å². The first-order chi connectivity index (χ1) is 8.06. The van der Waals surface area contributed by atoms with E-state index in [1.165, 1.54) is 0 Å². The normalized spacial score (nSPS) is 12.8. The Balaban J connectivity index is 4.23. The zero-order valence-electron chi connectivity index (χ0n) is 11.5. The molecule has 0 heterocycles. The van der Waals surface area contributed by atoms with Gasteiger partial charge < -0.3 is 15.7 Å². The van der Waals surface area contributed by atoms with Crippen LogP contribution in [0.4, 0.5) is 0 Å². The molecule has 3 N–H and O–H groups in total. The molecule has 0 bridgehead atoms. The van der Waals surface area contributed by atoms with Gasteiger partial charge in [-0.15, -0.1) is 0 Å². The van der Waals surface area contributed by atoms with Gasteiger partial charge in [0.25, 0.3) is 0 Å². The van der Waals surface area contributed by atoms with Gasteiger partial charge in [-0.05, 0) is 32.6 Å². The summed E-state index contributed by atoms with van der Waals surface area (Å²) < 4.78 is 0. The second kappa shape index (κ2) is 9.42. The van der Waals surface area contributed by atoms with E-state index in [-0.39, 0.29) is 24.6 Å². The van der Waals surface area contributed by atoms with Gasteiger partial charge in [0.1, 0.15) is 0 Å². The molecule has 1 amide bonds. The zero-order chi connectivity index (χ0) is 13.3. The number of nitrogens with two attached hydrogens (primary N) is 1. The third kappa shape index (κ3) is 6.64. The summed E-state index contributed by atoms with van der Waals surface area (Å²) in [6.07, 6.45) is 4.13. The number of carbonyl (C=O) groups is 1. The minimum Gasteiger partial charge on any atom is -0.395 e. The summed E-state index contributed by atoms with van der Waals surface area (Å²) in [7, 11) is 0. The molecule has 0 aliphatic rings. The fraction of sp³-hybridized carbons (Fsp3) is 0.923. The van der Waals surface area contributed by atoms with Gasteiger partial charge in [-0.1, -0.05) is 13.8 Å². The monoisotopic (exact) mass is 244 g/mol. The molecule has 0 aromatic carbocycles. The van der Waals surface area contributed by atoms with E-state index in [1.807, 2.05) is 11.8 Å². The number of carbonyl (C=O) groups excluding carboxylic acids is 1. The second-order valence-corrected chi connectivity index (χ2v) is 4.65. The largest absolute Gasteiger partial charge is 0.395 e. The number of aliphatic hydroxyl groups is 1. The molecule has 0 saturated carbocycles. The van der Waals surface area contributed by atoms with Gasteiger partial charge in [-0.25, -0.2) is 0 Å². The highest BCUT2D eigenvalue weighted by molar-refractivity contribution is 5.76. The Morgan fingerprint density at radius 1 is 1.35 bits per heavy atom. The molecule has 0 fully saturated rings. The van der Waals surface area contributed by atoms with Gasteiger partial charge in [0.2, 0.25) is 5.91 Å². The molecule has 0 aromatic heterocycles. The van der Waals surface area contributed by atoms with Gasteiger partial charge >= 0.3 is 0 Å². The van der Waals surface area contributed by atoms with Crippen molar-refractivity contribution in [1.82, 2.24) is 4.90 Å². The van der Waals surface area contributed by atoms with Crippen LogP contribution in [0.2, 0.25) is 0 Å². The van der Waals surface area contributed by atoms with Crippen molar-refractivity contribution in [3.05, 3.63) is 0 Å². The van der Waals surface area contributed by atoms with Crippen LogP contribution in [-0.2, 0) is 4.79 Å². The van der Waals surface area contributed by atoms with Gasteiger partial charge in [-0.3, -0.25) is 4.79 Å². The van der Waals surface area contributed by atoms with Crippen LogP contribution in [0.25, 0.3) is 0 Å². The summed E-state index contributed by atoms with van der Waals surface area (Å²) in [6.45, 7) is 6.59. The molecule has 0 rings (SSSR count). The molecular formula is C13H28N2O2. The average Bonchev–Trinajstić information content (AvgIpc) is 2.28. The molecule has 4 nitrogen and oxygen atoms in total. The summed E-state index contributed by atoms with van der Waals surface area (Å²) in [4.78, 5) is 13.9. The van der Waals surface area contributed by atoms with E-state index >= 15 is 0 Å². The minimum absolute atomic E-state index is 0.0372. The lowest BCUT2D eigenvalue weighted by atomic mass is 10.1. The van der Waals surface area contributed by atoms with Gasteiger partial charge in [0.05, 0.1) is 6.61 Å². The molecule has 17 heavy (non-hydrogen) atoms. The number of hydrogen-bond acceptors (Lipinski definition) is 3. The first-order valence-corrected chi connectivity index (χ1v) is 6.72. The number of amides is 1. The molecule has 0 spiro atoms. The molecule has 1 atom stereocenters. The van der Waals surface area contributed by atoms with Crippen molar-refractivity contribution in [3.63, 3.8) is 0 Å². The van der Waals surface area contributed by atoms with E-state index in [4.69, 9.17) is 10.8 Å². The van der Waals surface area contributed by atoms with Crippen molar-refractivity contribution in [2.45, 2.75) is 65.0 Å². The molecule has 0 aromatic rings. The zero-order valence-corrected chi connectivity index (χ0v) is 11.5. The third-order valence-corrected chi connectivity index (χ3v) is 3.09. The molecular weight excluding hydrogens is 216 g/mol. The van der Waals surface area contributed by atoms with Crippen molar-refractivity contribution in [1.29, 1.82) is 0 Å². The predicted octanol–water partition coefficient (Wildman–Crippen LogP) is 1.51. The Hall–Kier alpha value is -0.610. The lowest BCUT2D eigenvalue weighted by Crippen LogP contribution is -2.41. The number of nitrogens with zero attached hydrogens (tertiary/aromatic N) is 1. The first kappa shape index (κ1) is 16.4. The van der Waals surface area contributed by atoms with E-state index in [0.29, 0.717) is 13.0 Å². The molecule has 1 unspecified atom stereocenters.